The van der Waals surface area contributed by atoms with Gasteiger partial charge in [-0.05, 0) is 23.8 Å². The van der Waals surface area contributed by atoms with E-state index in [0.29, 0.717) is 5.76 Å². The lowest BCUT2D eigenvalue weighted by Crippen LogP contribution is -2.35. The molecule has 138 valence electrons. The number of thiophene rings is 1. The summed E-state index contributed by atoms with van der Waals surface area (Å²) in [6.07, 6.45) is 1.46. The predicted octanol–water partition coefficient (Wildman–Crippen LogP) is 4.94. The molecular formula is C22H17N3O2S. The summed E-state index contributed by atoms with van der Waals surface area (Å²) in [7, 11) is 0. The Morgan fingerprint density at radius 3 is 2.50 bits per heavy atom. The highest BCUT2D eigenvalue weighted by Crippen LogP contribution is 2.44. The zero-order valence-electron chi connectivity index (χ0n) is 15.1. The quantitative estimate of drug-likeness (QED) is 0.593. The topological polar surface area (TPSA) is 73.2 Å². The molecule has 3 aromatic rings. The molecule has 4 rings (SSSR count). The van der Waals surface area contributed by atoms with E-state index in [2.05, 4.69) is 23.1 Å². The lowest BCUT2D eigenvalue weighted by molar-refractivity contribution is 0.123. The maximum Gasteiger partial charge on any atom is 0.144 e. The molecule has 6 heteroatoms. The van der Waals surface area contributed by atoms with Gasteiger partial charge < -0.3 is 14.1 Å². The minimum absolute atomic E-state index is 0.0195. The van der Waals surface area contributed by atoms with Gasteiger partial charge >= 0.3 is 0 Å². The highest BCUT2D eigenvalue weighted by molar-refractivity contribution is 7.20. The van der Waals surface area contributed by atoms with Crippen molar-refractivity contribution in [3.63, 3.8) is 0 Å². The van der Waals surface area contributed by atoms with Crippen LogP contribution >= 0.6 is 11.3 Å². The largest absolute Gasteiger partial charge is 0.456 e. The molecule has 0 unspecified atom stereocenters. The Bertz CT molecular complexity index is 1060. The molecule has 3 heterocycles. The zero-order valence-corrected chi connectivity index (χ0v) is 15.9. The summed E-state index contributed by atoms with van der Waals surface area (Å²) in [6.45, 7) is 3.17. The number of nitriles is 2. The molecule has 0 atom stereocenters. The first kappa shape index (κ1) is 18.1. The number of benzene rings is 1. The van der Waals surface area contributed by atoms with Crippen molar-refractivity contribution < 1.29 is 9.15 Å². The van der Waals surface area contributed by atoms with Crippen LogP contribution in [-0.2, 0) is 4.74 Å². The van der Waals surface area contributed by atoms with Gasteiger partial charge in [0.2, 0.25) is 0 Å². The van der Waals surface area contributed by atoms with Crippen LogP contribution in [0.4, 0.5) is 5.00 Å². The fourth-order valence-electron chi connectivity index (χ4n) is 3.12. The number of rotatable bonds is 4. The standard InChI is InChI=1S/C22H17N3O2S/c23-14-16(15-24)12-18-6-7-20(27-18)21-13-19(17-4-2-1-3-5-17)22(28-21)25-8-10-26-11-9-25/h1-7,12-13H,8-11H2. The smallest absolute Gasteiger partial charge is 0.144 e. The number of nitrogens with zero attached hydrogens (tertiary/aromatic N) is 3. The number of hydrogen-bond donors (Lipinski definition) is 0. The summed E-state index contributed by atoms with van der Waals surface area (Å²) < 4.78 is 11.4. The monoisotopic (exact) mass is 387 g/mol. The van der Waals surface area contributed by atoms with Crippen LogP contribution in [0, 0.1) is 22.7 Å². The van der Waals surface area contributed by atoms with E-state index in [9.17, 15) is 0 Å². The Hall–Kier alpha value is -3.32. The third-order valence-electron chi connectivity index (χ3n) is 4.49. The van der Waals surface area contributed by atoms with E-state index in [1.165, 1.54) is 16.6 Å². The molecular weight excluding hydrogens is 370 g/mol. The summed E-state index contributed by atoms with van der Waals surface area (Å²) in [5.41, 5.74) is 2.35. The number of anilines is 1. The van der Waals surface area contributed by atoms with Gasteiger partial charge in [-0.2, -0.15) is 10.5 Å². The third-order valence-corrected chi connectivity index (χ3v) is 5.70. The SMILES string of the molecule is N#CC(C#N)=Cc1ccc(-c2cc(-c3ccccc3)c(N3CCOCC3)s2)o1. The first-order valence-corrected chi connectivity index (χ1v) is 9.74. The van der Waals surface area contributed by atoms with Gasteiger partial charge in [-0.15, -0.1) is 11.3 Å². The highest BCUT2D eigenvalue weighted by Gasteiger charge is 2.21. The van der Waals surface area contributed by atoms with Crippen LogP contribution < -0.4 is 4.90 Å². The van der Waals surface area contributed by atoms with Gasteiger partial charge in [0.25, 0.3) is 0 Å². The Kier molecular flexibility index (Phi) is 5.25. The molecule has 2 aromatic heterocycles. The van der Waals surface area contributed by atoms with Crippen molar-refractivity contribution in [3.8, 4) is 33.9 Å². The molecule has 1 fully saturated rings. The molecule has 0 aliphatic carbocycles. The van der Waals surface area contributed by atoms with E-state index in [4.69, 9.17) is 19.7 Å². The molecule has 0 spiro atoms. The van der Waals surface area contributed by atoms with Crippen molar-refractivity contribution in [1.29, 1.82) is 10.5 Å². The Morgan fingerprint density at radius 2 is 1.79 bits per heavy atom. The molecule has 1 aliphatic rings. The molecule has 1 aromatic carbocycles. The first-order chi connectivity index (χ1) is 13.8. The number of allylic oxidation sites excluding steroid dienone is 1. The van der Waals surface area contributed by atoms with Gasteiger partial charge in [-0.1, -0.05) is 30.3 Å². The molecule has 0 amide bonds. The maximum atomic E-state index is 8.93. The zero-order chi connectivity index (χ0) is 19.3. The van der Waals surface area contributed by atoms with Crippen molar-refractivity contribution in [1.82, 2.24) is 0 Å². The van der Waals surface area contributed by atoms with Gasteiger partial charge in [0.15, 0.2) is 0 Å². The highest BCUT2D eigenvalue weighted by atomic mass is 32.1. The average Bonchev–Trinajstić information content (AvgIpc) is 3.40. The van der Waals surface area contributed by atoms with Crippen molar-refractivity contribution in [2.75, 3.05) is 31.2 Å². The summed E-state index contributed by atoms with van der Waals surface area (Å²) in [5, 5.41) is 19.1. The van der Waals surface area contributed by atoms with E-state index >= 15 is 0 Å². The van der Waals surface area contributed by atoms with E-state index < -0.39 is 0 Å². The average molecular weight is 387 g/mol. The number of morpholine rings is 1. The normalized spacial score (nSPS) is 13.6. The Morgan fingerprint density at radius 1 is 1.04 bits per heavy atom. The Balaban J connectivity index is 1.74. The lowest BCUT2D eigenvalue weighted by atomic mass is 10.1. The number of furan rings is 1. The lowest BCUT2D eigenvalue weighted by Gasteiger charge is -2.28. The van der Waals surface area contributed by atoms with Crippen molar-refractivity contribution in [2.24, 2.45) is 0 Å². The molecule has 1 saturated heterocycles. The van der Waals surface area contributed by atoms with Crippen molar-refractivity contribution in [2.45, 2.75) is 0 Å². The van der Waals surface area contributed by atoms with Crippen LogP contribution in [0.25, 0.3) is 27.8 Å². The molecule has 0 saturated carbocycles. The molecule has 1 aliphatic heterocycles. The van der Waals surface area contributed by atoms with Crippen LogP contribution in [0.15, 0.2) is 58.5 Å². The van der Waals surface area contributed by atoms with Crippen LogP contribution in [0.3, 0.4) is 0 Å². The molecule has 0 bridgehead atoms. The van der Waals surface area contributed by atoms with Gasteiger partial charge in [0.05, 0.1) is 23.1 Å². The Labute approximate surface area is 167 Å². The summed E-state index contributed by atoms with van der Waals surface area (Å²) in [5.74, 6) is 1.22. The van der Waals surface area contributed by atoms with E-state index in [1.807, 2.05) is 36.4 Å². The molecule has 0 radical (unpaired) electrons. The van der Waals surface area contributed by atoms with Crippen LogP contribution in [0.1, 0.15) is 5.76 Å². The van der Waals surface area contributed by atoms with Gasteiger partial charge in [-0.25, -0.2) is 0 Å². The van der Waals surface area contributed by atoms with Crippen LogP contribution in [0.5, 0.6) is 0 Å². The molecule has 5 nitrogen and oxygen atoms in total. The summed E-state index contributed by atoms with van der Waals surface area (Å²) in [4.78, 5) is 3.36. The van der Waals surface area contributed by atoms with Crippen molar-refractivity contribution >= 4 is 22.4 Å². The van der Waals surface area contributed by atoms with E-state index in [1.54, 1.807) is 17.4 Å². The van der Waals surface area contributed by atoms with Crippen molar-refractivity contribution in [3.05, 3.63) is 59.9 Å². The summed E-state index contributed by atoms with van der Waals surface area (Å²) >= 11 is 1.68. The maximum absolute atomic E-state index is 8.93. The number of hydrogen-bond acceptors (Lipinski definition) is 6. The van der Waals surface area contributed by atoms with Crippen LogP contribution in [0.2, 0.25) is 0 Å². The summed E-state index contributed by atoms with van der Waals surface area (Å²) in [6, 6.07) is 19.8. The fraction of sp³-hybridized carbons (Fsp3) is 0.182. The van der Waals surface area contributed by atoms with E-state index in [-0.39, 0.29) is 5.57 Å². The minimum Gasteiger partial charge on any atom is -0.456 e. The second kappa shape index (κ2) is 8.14. The molecule has 0 N–H and O–H groups in total. The minimum atomic E-state index is 0.0195. The second-order valence-corrected chi connectivity index (χ2v) is 7.31. The van der Waals surface area contributed by atoms with E-state index in [0.717, 1.165) is 42.5 Å². The van der Waals surface area contributed by atoms with Gasteiger partial charge in [-0.3, -0.25) is 0 Å². The molecule has 28 heavy (non-hydrogen) atoms. The fourth-order valence-corrected chi connectivity index (χ4v) is 4.32. The second-order valence-electron chi connectivity index (χ2n) is 6.28. The number of ether oxygens (including phenoxy) is 1. The third kappa shape index (κ3) is 3.70. The van der Waals surface area contributed by atoms with Gasteiger partial charge in [0.1, 0.15) is 29.2 Å². The van der Waals surface area contributed by atoms with Crippen LogP contribution in [-0.4, -0.2) is 26.3 Å². The van der Waals surface area contributed by atoms with Gasteiger partial charge in [0, 0.05) is 24.7 Å². The first-order valence-electron chi connectivity index (χ1n) is 8.92. The predicted molar refractivity (Wildman–Crippen MR) is 110 cm³/mol.